The number of benzene rings is 2. The van der Waals surface area contributed by atoms with E-state index in [2.05, 4.69) is 39.0 Å². The summed E-state index contributed by atoms with van der Waals surface area (Å²) in [4.78, 5) is 11.7. The van der Waals surface area contributed by atoms with Crippen molar-refractivity contribution in [1.29, 1.82) is 0 Å². The Morgan fingerprint density at radius 2 is 1.41 bits per heavy atom. The van der Waals surface area contributed by atoms with Crippen LogP contribution in [0.15, 0.2) is 41.6 Å². The molecule has 8 nitrogen and oxygen atoms in total. The molecule has 194 valence electrons. The highest BCUT2D eigenvalue weighted by Gasteiger charge is 2.33. The maximum atomic E-state index is 13.9. The van der Waals surface area contributed by atoms with Gasteiger partial charge < -0.3 is 4.90 Å². The minimum atomic E-state index is -3.63. The van der Waals surface area contributed by atoms with Gasteiger partial charge in [-0.15, -0.1) is 0 Å². The molecular formula is C28H34N6O2S. The number of hydrogen-bond donors (Lipinski definition) is 0. The first-order valence-corrected chi connectivity index (χ1v) is 14.1. The third-order valence-corrected chi connectivity index (χ3v) is 10.2. The molecule has 3 heterocycles. The first kappa shape index (κ1) is 25.4. The maximum Gasteiger partial charge on any atom is 0.254 e. The molecule has 0 atom stereocenters. The summed E-state index contributed by atoms with van der Waals surface area (Å²) in [6.45, 7) is 13.9. The van der Waals surface area contributed by atoms with E-state index in [1.165, 1.54) is 11.9 Å². The Hall–Kier alpha value is -3.30. The third kappa shape index (κ3) is 4.30. The van der Waals surface area contributed by atoms with Gasteiger partial charge in [-0.3, -0.25) is 0 Å². The summed E-state index contributed by atoms with van der Waals surface area (Å²) in [5, 5.41) is 4.47. The smallest absolute Gasteiger partial charge is 0.254 e. The Kier molecular flexibility index (Phi) is 6.53. The van der Waals surface area contributed by atoms with Gasteiger partial charge in [-0.05, 0) is 74.9 Å². The monoisotopic (exact) mass is 518 g/mol. The lowest BCUT2D eigenvalue weighted by atomic mass is 9.95. The lowest BCUT2D eigenvalue weighted by Crippen LogP contribution is -2.49. The lowest BCUT2D eigenvalue weighted by Gasteiger charge is -2.37. The van der Waals surface area contributed by atoms with Crippen LogP contribution >= 0.6 is 0 Å². The molecule has 0 N–H and O–H groups in total. The van der Waals surface area contributed by atoms with E-state index in [0.29, 0.717) is 43.3 Å². The average Bonchev–Trinajstić information content (AvgIpc) is 3.35. The second-order valence-electron chi connectivity index (χ2n) is 9.98. The molecule has 1 aliphatic rings. The zero-order valence-corrected chi connectivity index (χ0v) is 23.2. The molecule has 0 spiro atoms. The minimum Gasteiger partial charge on any atom is -0.354 e. The van der Waals surface area contributed by atoms with Crippen molar-refractivity contribution < 1.29 is 8.42 Å². The molecule has 0 aliphatic carbocycles. The summed E-state index contributed by atoms with van der Waals surface area (Å²) in [5.74, 6) is 1.49. The van der Waals surface area contributed by atoms with E-state index in [9.17, 15) is 8.42 Å². The molecule has 2 aromatic heterocycles. The van der Waals surface area contributed by atoms with Gasteiger partial charge in [-0.25, -0.2) is 13.4 Å². The van der Waals surface area contributed by atoms with Gasteiger partial charge in [0.1, 0.15) is 12.1 Å². The molecule has 1 fully saturated rings. The van der Waals surface area contributed by atoms with Gasteiger partial charge in [0, 0.05) is 43.9 Å². The van der Waals surface area contributed by atoms with E-state index >= 15 is 0 Å². The van der Waals surface area contributed by atoms with Crippen molar-refractivity contribution in [1.82, 2.24) is 23.9 Å². The predicted molar refractivity (Wildman–Crippen MR) is 146 cm³/mol. The summed E-state index contributed by atoms with van der Waals surface area (Å²) in [6.07, 6.45) is 2.23. The average molecular weight is 519 g/mol. The molecule has 4 aromatic rings. The van der Waals surface area contributed by atoms with E-state index in [4.69, 9.17) is 0 Å². The van der Waals surface area contributed by atoms with Crippen LogP contribution in [0.3, 0.4) is 0 Å². The standard InChI is InChI=1S/C28H34N6O2S/c1-18-19(2)21(4)26(22(5)20(18)3)37(35,36)33-14-12-32(13-15-33)27-25(16-24-10-8-7-9-11-24)23(6)31-28-29-17-30-34(27)28/h7-11,17H,12-16H2,1-6H3. The first-order chi connectivity index (χ1) is 17.6. The van der Waals surface area contributed by atoms with Crippen LogP contribution in [-0.2, 0) is 16.4 Å². The normalized spacial score (nSPS) is 15.0. The van der Waals surface area contributed by atoms with Crippen molar-refractivity contribution in [2.75, 3.05) is 31.1 Å². The Bertz CT molecular complexity index is 1560. The van der Waals surface area contributed by atoms with E-state index in [1.54, 1.807) is 8.82 Å². The van der Waals surface area contributed by atoms with E-state index in [-0.39, 0.29) is 0 Å². The van der Waals surface area contributed by atoms with Crippen LogP contribution in [-0.4, -0.2) is 58.5 Å². The number of hydrogen-bond acceptors (Lipinski definition) is 6. The fourth-order valence-electron chi connectivity index (χ4n) is 5.42. The van der Waals surface area contributed by atoms with Gasteiger partial charge in [-0.2, -0.15) is 18.9 Å². The molecular weight excluding hydrogens is 484 g/mol. The largest absolute Gasteiger partial charge is 0.354 e. The van der Waals surface area contributed by atoms with Crippen molar-refractivity contribution in [2.45, 2.75) is 52.9 Å². The summed E-state index contributed by atoms with van der Waals surface area (Å²) < 4.78 is 31.2. The number of sulfonamides is 1. The van der Waals surface area contributed by atoms with Gasteiger partial charge >= 0.3 is 0 Å². The molecule has 0 radical (unpaired) electrons. The highest BCUT2D eigenvalue weighted by Crippen LogP contribution is 2.33. The van der Waals surface area contributed by atoms with Crippen molar-refractivity contribution in [2.24, 2.45) is 0 Å². The summed E-state index contributed by atoms with van der Waals surface area (Å²) in [7, 11) is -3.63. The number of piperazine rings is 1. The highest BCUT2D eigenvalue weighted by molar-refractivity contribution is 7.89. The predicted octanol–water partition coefficient (Wildman–Crippen LogP) is 4.08. The summed E-state index contributed by atoms with van der Waals surface area (Å²) in [6, 6.07) is 10.3. The van der Waals surface area contributed by atoms with Gasteiger partial charge in [0.2, 0.25) is 10.0 Å². The van der Waals surface area contributed by atoms with Crippen LogP contribution in [0.1, 0.15) is 44.6 Å². The summed E-state index contributed by atoms with van der Waals surface area (Å²) in [5.41, 5.74) is 8.13. The minimum absolute atomic E-state index is 0.398. The molecule has 1 aliphatic heterocycles. The quantitative estimate of drug-likeness (QED) is 0.396. The van der Waals surface area contributed by atoms with E-state index < -0.39 is 10.0 Å². The van der Waals surface area contributed by atoms with Gasteiger partial charge in [0.25, 0.3) is 5.78 Å². The van der Waals surface area contributed by atoms with Crippen LogP contribution in [0, 0.1) is 41.5 Å². The first-order valence-electron chi connectivity index (χ1n) is 12.7. The second-order valence-corrected chi connectivity index (χ2v) is 11.9. The number of nitrogens with zero attached hydrogens (tertiary/aromatic N) is 6. The Balaban J connectivity index is 1.48. The second kappa shape index (κ2) is 9.54. The van der Waals surface area contributed by atoms with Crippen LogP contribution in [0.5, 0.6) is 0 Å². The van der Waals surface area contributed by atoms with Crippen LogP contribution in [0.2, 0.25) is 0 Å². The summed E-state index contributed by atoms with van der Waals surface area (Å²) >= 11 is 0. The Labute approximate surface area is 219 Å². The topological polar surface area (TPSA) is 83.7 Å². The van der Waals surface area contributed by atoms with Crippen LogP contribution in [0.4, 0.5) is 5.82 Å². The molecule has 2 aromatic carbocycles. The van der Waals surface area contributed by atoms with Crippen molar-refractivity contribution in [3.8, 4) is 0 Å². The number of aromatic nitrogens is 4. The van der Waals surface area contributed by atoms with E-state index in [0.717, 1.165) is 44.9 Å². The highest BCUT2D eigenvalue weighted by atomic mass is 32.2. The molecule has 5 rings (SSSR count). The zero-order valence-electron chi connectivity index (χ0n) is 22.4. The van der Waals surface area contributed by atoms with Crippen molar-refractivity contribution in [3.63, 3.8) is 0 Å². The molecule has 0 unspecified atom stereocenters. The van der Waals surface area contributed by atoms with Crippen LogP contribution < -0.4 is 4.90 Å². The lowest BCUT2D eigenvalue weighted by molar-refractivity contribution is 0.382. The number of rotatable bonds is 5. The maximum absolute atomic E-state index is 13.9. The molecule has 0 bridgehead atoms. The number of aryl methyl sites for hydroxylation is 1. The third-order valence-electron chi connectivity index (χ3n) is 8.00. The van der Waals surface area contributed by atoms with Gasteiger partial charge in [0.15, 0.2) is 0 Å². The Morgan fingerprint density at radius 1 is 0.811 bits per heavy atom. The molecule has 37 heavy (non-hydrogen) atoms. The van der Waals surface area contributed by atoms with Crippen molar-refractivity contribution >= 4 is 21.6 Å². The fourth-order valence-corrected chi connectivity index (χ4v) is 7.40. The molecule has 0 amide bonds. The fraction of sp³-hybridized carbons (Fsp3) is 0.393. The van der Waals surface area contributed by atoms with E-state index in [1.807, 2.05) is 52.8 Å². The molecule has 1 saturated heterocycles. The van der Waals surface area contributed by atoms with Gasteiger partial charge in [0.05, 0.1) is 4.90 Å². The van der Waals surface area contributed by atoms with Crippen molar-refractivity contribution in [3.05, 3.63) is 81.3 Å². The Morgan fingerprint density at radius 3 is 2.03 bits per heavy atom. The SMILES string of the molecule is Cc1nc2ncnn2c(N2CCN(S(=O)(=O)c3c(C)c(C)c(C)c(C)c3C)CC2)c1Cc1ccccc1. The number of anilines is 1. The number of fused-ring (bicyclic) bond motifs is 1. The van der Waals surface area contributed by atoms with Crippen LogP contribution in [0.25, 0.3) is 5.78 Å². The molecule has 0 saturated carbocycles. The zero-order chi connectivity index (χ0) is 26.5. The van der Waals surface area contributed by atoms with Gasteiger partial charge in [-0.1, -0.05) is 30.3 Å². The molecule has 9 heteroatoms.